The molecule has 4 rings (SSSR count). The monoisotopic (exact) mass is 373 g/mol. The smallest absolute Gasteiger partial charge is 0.167 e. The van der Waals surface area contributed by atoms with Crippen LogP contribution in [0, 0.1) is 0 Å². The van der Waals surface area contributed by atoms with E-state index in [1.165, 1.54) is 18.5 Å². The van der Waals surface area contributed by atoms with Crippen molar-refractivity contribution >= 4 is 17.0 Å². The quantitative estimate of drug-likeness (QED) is 0.431. The Kier molecular flexibility index (Phi) is 4.52. The summed E-state index contributed by atoms with van der Waals surface area (Å²) >= 11 is 0. The van der Waals surface area contributed by atoms with Gasteiger partial charge in [0.1, 0.15) is 30.2 Å². The van der Waals surface area contributed by atoms with Crippen LogP contribution in [0.5, 0.6) is 11.5 Å². The summed E-state index contributed by atoms with van der Waals surface area (Å²) in [7, 11) is 0. The molecule has 1 unspecified atom stereocenters. The van der Waals surface area contributed by atoms with E-state index in [2.05, 4.69) is 20.3 Å². The first kappa shape index (κ1) is 17.5. The number of aliphatic hydroxyl groups is 2. The van der Waals surface area contributed by atoms with Gasteiger partial charge >= 0.3 is 0 Å². The van der Waals surface area contributed by atoms with E-state index in [0.717, 1.165) is 0 Å². The van der Waals surface area contributed by atoms with Crippen molar-refractivity contribution in [3.8, 4) is 11.5 Å². The second-order valence-corrected chi connectivity index (χ2v) is 6.33. The minimum Gasteiger partial charge on any atom is -0.508 e. The lowest BCUT2D eigenvalue weighted by Gasteiger charge is -2.13. The van der Waals surface area contributed by atoms with Crippen molar-refractivity contribution in [1.82, 2.24) is 19.5 Å². The molecule has 1 aromatic carbocycles. The molecule has 5 N–H and O–H groups in total. The fourth-order valence-electron chi connectivity index (χ4n) is 3.12. The highest BCUT2D eigenvalue weighted by molar-refractivity contribution is 5.82. The summed E-state index contributed by atoms with van der Waals surface area (Å²) in [4.78, 5) is 12.8. The molecule has 3 aromatic rings. The number of rotatable bonds is 5. The number of benzene rings is 1. The lowest BCUT2D eigenvalue weighted by atomic mass is 10.2. The first-order valence-electron chi connectivity index (χ1n) is 8.43. The predicted molar refractivity (Wildman–Crippen MR) is 94.0 cm³/mol. The summed E-state index contributed by atoms with van der Waals surface area (Å²) in [6, 6.07) is 4.36. The molecule has 0 bridgehead atoms. The normalized spacial score (nSPS) is 22.4. The molecule has 10 heteroatoms. The maximum absolute atomic E-state index is 9.94. The Balaban J connectivity index is 1.57. The van der Waals surface area contributed by atoms with Crippen molar-refractivity contribution in [2.24, 2.45) is 0 Å². The van der Waals surface area contributed by atoms with Gasteiger partial charge < -0.3 is 30.5 Å². The molecule has 1 aliphatic rings. The average Bonchev–Trinajstić information content (AvgIpc) is 3.24. The Labute approximate surface area is 153 Å². The minimum atomic E-state index is -0.755. The van der Waals surface area contributed by atoms with Crippen LogP contribution in [-0.4, -0.2) is 58.8 Å². The van der Waals surface area contributed by atoms with E-state index in [-0.39, 0.29) is 24.7 Å². The van der Waals surface area contributed by atoms with Gasteiger partial charge in [-0.25, -0.2) is 15.0 Å². The van der Waals surface area contributed by atoms with Crippen LogP contribution < -0.4 is 5.32 Å². The van der Waals surface area contributed by atoms with Gasteiger partial charge in [-0.15, -0.1) is 0 Å². The molecule has 0 saturated carbocycles. The topological polar surface area (TPSA) is 146 Å². The summed E-state index contributed by atoms with van der Waals surface area (Å²) in [6.07, 6.45) is 1.39. The summed E-state index contributed by atoms with van der Waals surface area (Å²) < 4.78 is 7.35. The van der Waals surface area contributed by atoms with Crippen molar-refractivity contribution < 1.29 is 25.2 Å². The molecule has 3 heterocycles. The molecule has 2 aromatic heterocycles. The molecule has 0 amide bonds. The molecular weight excluding hydrogens is 354 g/mol. The number of aromatic hydroxyl groups is 2. The van der Waals surface area contributed by atoms with E-state index in [1.807, 2.05) is 0 Å². The molecule has 3 atom stereocenters. The third-order valence-electron chi connectivity index (χ3n) is 4.57. The van der Waals surface area contributed by atoms with Gasteiger partial charge in [-0.3, -0.25) is 4.57 Å². The number of phenolic OH excluding ortho intramolecular Hbond substituents is 2. The molecule has 0 spiro atoms. The highest BCUT2D eigenvalue weighted by Crippen LogP contribution is 2.31. The Hall–Kier alpha value is -2.95. The number of phenols is 2. The van der Waals surface area contributed by atoms with Gasteiger partial charge in [0, 0.05) is 24.6 Å². The summed E-state index contributed by atoms with van der Waals surface area (Å²) in [6.45, 7) is 0.0124. The number of aliphatic hydroxyl groups excluding tert-OH is 2. The standard InChI is InChI=1S/C17H19N5O5/c23-6-13-12(26)4-14(27-13)22-8-21-15-16(19-7-20-17(15)22)18-5-9-1-2-10(24)3-11(9)25/h1-3,7-8,12-14,23-26H,4-6H2,(H,18,19,20)/t12-,13+,14?/m0/s1. The molecule has 142 valence electrons. The molecular formula is C17H19N5O5. The lowest BCUT2D eigenvalue weighted by Crippen LogP contribution is -2.24. The van der Waals surface area contributed by atoms with Gasteiger partial charge in [-0.2, -0.15) is 0 Å². The number of fused-ring (bicyclic) bond motifs is 1. The maximum Gasteiger partial charge on any atom is 0.167 e. The van der Waals surface area contributed by atoms with Crippen LogP contribution in [0.15, 0.2) is 30.9 Å². The highest BCUT2D eigenvalue weighted by Gasteiger charge is 2.35. The maximum atomic E-state index is 9.94. The van der Waals surface area contributed by atoms with Gasteiger partial charge in [0.25, 0.3) is 0 Å². The van der Waals surface area contributed by atoms with E-state index < -0.39 is 18.4 Å². The molecule has 1 saturated heterocycles. The fourth-order valence-corrected chi connectivity index (χ4v) is 3.12. The molecule has 27 heavy (non-hydrogen) atoms. The lowest BCUT2D eigenvalue weighted by molar-refractivity contribution is -0.0432. The third-order valence-corrected chi connectivity index (χ3v) is 4.57. The fraction of sp³-hybridized carbons (Fsp3) is 0.353. The number of anilines is 1. The van der Waals surface area contributed by atoms with E-state index in [9.17, 15) is 20.4 Å². The van der Waals surface area contributed by atoms with Crippen LogP contribution in [0.4, 0.5) is 5.82 Å². The third kappa shape index (κ3) is 3.25. The van der Waals surface area contributed by atoms with Crippen molar-refractivity contribution in [2.45, 2.75) is 31.4 Å². The number of ether oxygens (including phenoxy) is 1. The highest BCUT2D eigenvalue weighted by atomic mass is 16.5. The van der Waals surface area contributed by atoms with Crippen molar-refractivity contribution in [2.75, 3.05) is 11.9 Å². The zero-order valence-corrected chi connectivity index (χ0v) is 14.2. The number of imidazole rings is 1. The predicted octanol–water partition coefficient (Wildman–Crippen LogP) is 0.490. The van der Waals surface area contributed by atoms with Gasteiger partial charge in [0.05, 0.1) is 19.0 Å². The summed E-state index contributed by atoms with van der Waals surface area (Å²) in [5.41, 5.74) is 1.63. The van der Waals surface area contributed by atoms with Crippen LogP contribution >= 0.6 is 0 Å². The first-order valence-corrected chi connectivity index (χ1v) is 8.43. The van der Waals surface area contributed by atoms with Gasteiger partial charge in [0.2, 0.25) is 0 Å². The van der Waals surface area contributed by atoms with E-state index in [4.69, 9.17) is 4.74 Å². The van der Waals surface area contributed by atoms with Crippen LogP contribution in [0.1, 0.15) is 18.2 Å². The zero-order valence-electron chi connectivity index (χ0n) is 14.2. The van der Waals surface area contributed by atoms with E-state index in [1.54, 1.807) is 17.0 Å². The van der Waals surface area contributed by atoms with E-state index in [0.29, 0.717) is 29.0 Å². The van der Waals surface area contributed by atoms with Crippen LogP contribution in [0.2, 0.25) is 0 Å². The molecule has 0 aliphatic carbocycles. The van der Waals surface area contributed by atoms with E-state index >= 15 is 0 Å². The second-order valence-electron chi connectivity index (χ2n) is 6.33. The van der Waals surface area contributed by atoms with Crippen molar-refractivity contribution in [3.63, 3.8) is 0 Å². The summed E-state index contributed by atoms with van der Waals surface area (Å²) in [5.74, 6) is 0.435. The van der Waals surface area contributed by atoms with Crippen LogP contribution in [0.3, 0.4) is 0 Å². The van der Waals surface area contributed by atoms with Crippen LogP contribution in [0.25, 0.3) is 11.2 Å². The number of nitrogens with one attached hydrogen (secondary N) is 1. The van der Waals surface area contributed by atoms with Crippen molar-refractivity contribution in [1.29, 1.82) is 0 Å². The molecule has 10 nitrogen and oxygen atoms in total. The van der Waals surface area contributed by atoms with Gasteiger partial charge in [-0.05, 0) is 12.1 Å². The number of hydrogen-bond donors (Lipinski definition) is 5. The van der Waals surface area contributed by atoms with Crippen molar-refractivity contribution in [3.05, 3.63) is 36.4 Å². The number of hydrogen-bond acceptors (Lipinski definition) is 9. The molecule has 1 fully saturated rings. The second kappa shape index (κ2) is 6.99. The van der Waals surface area contributed by atoms with Gasteiger partial charge in [0.15, 0.2) is 17.0 Å². The number of nitrogens with zero attached hydrogens (tertiary/aromatic N) is 4. The average molecular weight is 373 g/mol. The van der Waals surface area contributed by atoms with Gasteiger partial charge in [-0.1, -0.05) is 0 Å². The minimum absolute atomic E-state index is 0.0145. The Morgan fingerprint density at radius 1 is 1.22 bits per heavy atom. The first-order chi connectivity index (χ1) is 13.1. The van der Waals surface area contributed by atoms with Crippen LogP contribution in [-0.2, 0) is 11.3 Å². The Bertz CT molecular complexity index is 962. The molecule has 0 radical (unpaired) electrons. The molecule has 1 aliphatic heterocycles. The Morgan fingerprint density at radius 3 is 2.81 bits per heavy atom. The Morgan fingerprint density at radius 2 is 2.07 bits per heavy atom. The summed E-state index contributed by atoms with van der Waals surface area (Å²) in [5, 5.41) is 41.5. The number of aromatic nitrogens is 4. The zero-order chi connectivity index (χ0) is 19.0. The largest absolute Gasteiger partial charge is 0.508 e. The SMILES string of the molecule is OC[C@H]1OC(n2cnc3c(NCc4ccc(O)cc4O)ncnc32)C[C@@H]1O.